The van der Waals surface area contributed by atoms with Gasteiger partial charge in [0.05, 0.1) is 21.8 Å². The second kappa shape index (κ2) is 7.04. The molecular weight excluding hydrogens is 382 g/mol. The van der Waals surface area contributed by atoms with E-state index < -0.39 is 4.92 Å². The van der Waals surface area contributed by atoms with Crippen LogP contribution in [0.5, 0.6) is 0 Å². The van der Waals surface area contributed by atoms with Crippen molar-refractivity contribution in [2.45, 2.75) is 32.9 Å². The number of nitro groups is 1. The molecule has 0 radical (unpaired) electrons. The summed E-state index contributed by atoms with van der Waals surface area (Å²) in [7, 11) is 0. The van der Waals surface area contributed by atoms with Crippen molar-refractivity contribution >= 4 is 28.6 Å². The second-order valence-electron chi connectivity index (χ2n) is 6.43. The van der Waals surface area contributed by atoms with Gasteiger partial charge in [0, 0.05) is 6.42 Å². The first kappa shape index (κ1) is 18.1. The van der Waals surface area contributed by atoms with E-state index in [2.05, 4.69) is 10.2 Å². The molecule has 0 fully saturated rings. The standard InChI is InChI=1S/C18H17N5O4S/c1-11-18(23(25)26)12(2)21(19-11)10-17(24)22-14(15-5-3-7-27-15)9-13(20-22)16-6-4-8-28-16/h3-8,14H,9-10H2,1-2H3/t14-/m0/s1. The number of nitrogens with zero attached hydrogens (tertiary/aromatic N) is 5. The van der Waals surface area contributed by atoms with Crippen molar-refractivity contribution in [1.29, 1.82) is 0 Å². The van der Waals surface area contributed by atoms with E-state index in [1.165, 1.54) is 9.69 Å². The lowest BCUT2D eigenvalue weighted by molar-refractivity contribution is -0.386. The Hall–Kier alpha value is -3.27. The fourth-order valence-electron chi connectivity index (χ4n) is 3.34. The molecule has 0 unspecified atom stereocenters. The Bertz CT molecular complexity index is 1050. The van der Waals surface area contributed by atoms with E-state index in [1.807, 2.05) is 23.6 Å². The smallest absolute Gasteiger partial charge is 0.312 e. The third kappa shape index (κ3) is 3.11. The predicted octanol–water partition coefficient (Wildman–Crippen LogP) is 3.44. The Morgan fingerprint density at radius 2 is 2.21 bits per heavy atom. The number of amides is 1. The van der Waals surface area contributed by atoms with E-state index in [0.717, 1.165) is 10.6 Å². The highest BCUT2D eigenvalue weighted by Crippen LogP contribution is 2.34. The van der Waals surface area contributed by atoms with Crippen LogP contribution in [0.15, 0.2) is 45.4 Å². The van der Waals surface area contributed by atoms with Gasteiger partial charge in [0.1, 0.15) is 29.7 Å². The average molecular weight is 399 g/mol. The Morgan fingerprint density at radius 1 is 1.39 bits per heavy atom. The largest absolute Gasteiger partial charge is 0.467 e. The molecule has 1 amide bonds. The first-order valence-electron chi connectivity index (χ1n) is 8.61. The Balaban J connectivity index is 1.64. The van der Waals surface area contributed by atoms with Crippen molar-refractivity contribution in [2.75, 3.05) is 0 Å². The van der Waals surface area contributed by atoms with Crippen LogP contribution in [0.4, 0.5) is 5.69 Å². The first-order valence-corrected chi connectivity index (χ1v) is 9.49. The Morgan fingerprint density at radius 3 is 2.82 bits per heavy atom. The maximum atomic E-state index is 13.0. The van der Waals surface area contributed by atoms with Gasteiger partial charge < -0.3 is 4.42 Å². The van der Waals surface area contributed by atoms with E-state index in [-0.39, 0.29) is 29.9 Å². The molecular formula is C18H17N5O4S. The lowest BCUT2D eigenvalue weighted by Gasteiger charge is -2.20. The summed E-state index contributed by atoms with van der Waals surface area (Å²) >= 11 is 1.56. The minimum atomic E-state index is -0.479. The first-order chi connectivity index (χ1) is 13.5. The number of aryl methyl sites for hydroxylation is 1. The van der Waals surface area contributed by atoms with Gasteiger partial charge >= 0.3 is 5.69 Å². The van der Waals surface area contributed by atoms with Crippen LogP contribution in [0.25, 0.3) is 0 Å². The van der Waals surface area contributed by atoms with E-state index in [0.29, 0.717) is 17.9 Å². The number of hydrazone groups is 1. The Kier molecular flexibility index (Phi) is 4.55. The number of carbonyl (C=O) groups is 1. The molecule has 1 aliphatic rings. The highest BCUT2D eigenvalue weighted by atomic mass is 32.1. The minimum absolute atomic E-state index is 0.0698. The van der Waals surface area contributed by atoms with Gasteiger partial charge in [-0.05, 0) is 37.4 Å². The zero-order valence-corrected chi connectivity index (χ0v) is 16.0. The van der Waals surface area contributed by atoms with Gasteiger partial charge in [-0.25, -0.2) is 5.01 Å². The summed E-state index contributed by atoms with van der Waals surface area (Å²) in [5, 5.41) is 23.3. The average Bonchev–Trinajstić information content (AvgIpc) is 3.42. The van der Waals surface area contributed by atoms with Crippen molar-refractivity contribution in [3.63, 3.8) is 0 Å². The topological polar surface area (TPSA) is 107 Å². The maximum absolute atomic E-state index is 13.0. The molecule has 0 saturated heterocycles. The van der Waals surface area contributed by atoms with Crippen LogP contribution in [0.1, 0.15) is 34.5 Å². The molecule has 3 aromatic heterocycles. The fraction of sp³-hybridized carbons (Fsp3) is 0.278. The van der Waals surface area contributed by atoms with Crippen molar-refractivity contribution in [2.24, 2.45) is 5.10 Å². The zero-order valence-electron chi connectivity index (χ0n) is 15.2. The maximum Gasteiger partial charge on any atom is 0.312 e. The number of aromatic nitrogens is 2. The predicted molar refractivity (Wildman–Crippen MR) is 102 cm³/mol. The molecule has 0 N–H and O–H groups in total. The van der Waals surface area contributed by atoms with Crippen LogP contribution in [-0.4, -0.2) is 31.3 Å². The third-order valence-corrected chi connectivity index (χ3v) is 5.57. The summed E-state index contributed by atoms with van der Waals surface area (Å²) < 4.78 is 6.87. The van der Waals surface area contributed by atoms with E-state index in [1.54, 1.807) is 37.5 Å². The van der Waals surface area contributed by atoms with Crippen molar-refractivity contribution in [1.82, 2.24) is 14.8 Å². The number of hydrogen-bond donors (Lipinski definition) is 0. The van der Waals surface area contributed by atoms with Gasteiger partial charge in [0.15, 0.2) is 0 Å². The van der Waals surface area contributed by atoms with Crippen molar-refractivity contribution in [3.8, 4) is 0 Å². The van der Waals surface area contributed by atoms with Gasteiger partial charge in [0.25, 0.3) is 5.91 Å². The van der Waals surface area contributed by atoms with E-state index >= 15 is 0 Å². The molecule has 0 saturated carbocycles. The number of carbonyl (C=O) groups excluding carboxylic acids is 1. The molecule has 0 aromatic carbocycles. The highest BCUT2D eigenvalue weighted by Gasteiger charge is 2.36. The lowest BCUT2D eigenvalue weighted by atomic mass is 10.1. The van der Waals surface area contributed by atoms with Crippen LogP contribution in [0.2, 0.25) is 0 Å². The van der Waals surface area contributed by atoms with Gasteiger partial charge in [-0.2, -0.15) is 10.2 Å². The summed E-state index contributed by atoms with van der Waals surface area (Å²) in [6.45, 7) is 3.00. The molecule has 0 spiro atoms. The van der Waals surface area contributed by atoms with Crippen LogP contribution in [-0.2, 0) is 11.3 Å². The molecule has 4 rings (SSSR count). The molecule has 0 aliphatic carbocycles. The number of thiophene rings is 1. The molecule has 1 atom stereocenters. The van der Waals surface area contributed by atoms with E-state index in [9.17, 15) is 14.9 Å². The summed E-state index contributed by atoms with van der Waals surface area (Å²) in [5.41, 5.74) is 1.36. The molecule has 28 heavy (non-hydrogen) atoms. The SMILES string of the molecule is Cc1nn(CC(=O)N2N=C(c3cccs3)C[C@H]2c2ccco2)c(C)c1[N+](=O)[O-]. The van der Waals surface area contributed by atoms with Crippen molar-refractivity contribution < 1.29 is 14.1 Å². The molecule has 1 aliphatic heterocycles. The second-order valence-corrected chi connectivity index (χ2v) is 7.38. The lowest BCUT2D eigenvalue weighted by Crippen LogP contribution is -2.30. The van der Waals surface area contributed by atoms with Crippen LogP contribution >= 0.6 is 11.3 Å². The molecule has 144 valence electrons. The van der Waals surface area contributed by atoms with E-state index in [4.69, 9.17) is 4.42 Å². The van der Waals surface area contributed by atoms with Crippen LogP contribution in [0.3, 0.4) is 0 Å². The summed E-state index contributed by atoms with van der Waals surface area (Å²) in [4.78, 5) is 24.7. The molecule has 9 nitrogen and oxygen atoms in total. The van der Waals surface area contributed by atoms with Gasteiger partial charge in [-0.15, -0.1) is 11.3 Å². The molecule has 4 heterocycles. The number of furan rings is 1. The molecule has 10 heteroatoms. The summed E-state index contributed by atoms with van der Waals surface area (Å²) in [6.07, 6.45) is 2.10. The van der Waals surface area contributed by atoms with Gasteiger partial charge in [-0.1, -0.05) is 6.07 Å². The molecule has 3 aromatic rings. The summed E-state index contributed by atoms with van der Waals surface area (Å²) in [5.74, 6) is 0.330. The van der Waals surface area contributed by atoms with Crippen molar-refractivity contribution in [3.05, 3.63) is 68.0 Å². The van der Waals surface area contributed by atoms with Crippen LogP contribution in [0, 0.1) is 24.0 Å². The minimum Gasteiger partial charge on any atom is -0.467 e. The van der Waals surface area contributed by atoms with Crippen LogP contribution < -0.4 is 0 Å². The highest BCUT2D eigenvalue weighted by molar-refractivity contribution is 7.12. The normalized spacial score (nSPS) is 16.4. The van der Waals surface area contributed by atoms with Gasteiger partial charge in [0.2, 0.25) is 0 Å². The zero-order chi connectivity index (χ0) is 19.8. The monoisotopic (exact) mass is 399 g/mol. The van der Waals surface area contributed by atoms with Gasteiger partial charge in [-0.3, -0.25) is 19.6 Å². The number of rotatable bonds is 5. The fourth-order valence-corrected chi connectivity index (χ4v) is 4.06. The summed E-state index contributed by atoms with van der Waals surface area (Å²) in [6, 6.07) is 7.12. The third-order valence-electron chi connectivity index (χ3n) is 4.65. The number of hydrogen-bond acceptors (Lipinski definition) is 7. The quantitative estimate of drug-likeness (QED) is 0.482. The Labute approximate surface area is 164 Å². The molecule has 0 bridgehead atoms.